The molecule has 2 heterocycles. The third-order valence-corrected chi connectivity index (χ3v) is 5.04. The van der Waals surface area contributed by atoms with Crippen molar-refractivity contribution in [1.82, 2.24) is 9.97 Å². The number of aliphatic carboxylic acids is 1. The number of carbonyl (C=O) groups is 1. The molecule has 0 aliphatic rings. The number of hydrogen-bond donors (Lipinski definition) is 2. The predicted octanol–water partition coefficient (Wildman–Crippen LogP) is 5.50. The van der Waals surface area contributed by atoms with Gasteiger partial charge in [-0.3, -0.25) is 9.78 Å². The van der Waals surface area contributed by atoms with Gasteiger partial charge in [-0.15, -0.1) is 12.4 Å². The Kier molecular flexibility index (Phi) is 5.68. The number of phenols is 1. The third kappa shape index (κ3) is 3.94. The van der Waals surface area contributed by atoms with Gasteiger partial charge in [0.15, 0.2) is 0 Å². The summed E-state index contributed by atoms with van der Waals surface area (Å²) in [5.41, 5.74) is 3.65. The van der Waals surface area contributed by atoms with Crippen molar-refractivity contribution < 1.29 is 15.0 Å². The van der Waals surface area contributed by atoms with E-state index in [1.807, 2.05) is 57.2 Å². The van der Waals surface area contributed by atoms with Crippen LogP contribution in [-0.4, -0.2) is 26.2 Å². The van der Waals surface area contributed by atoms with E-state index < -0.39 is 5.97 Å². The highest BCUT2D eigenvalue weighted by Crippen LogP contribution is 2.39. The number of halogens is 1. The fourth-order valence-corrected chi connectivity index (χ4v) is 3.61. The Hall–Kier alpha value is -3.18. The Morgan fingerprint density at radius 3 is 2.33 bits per heavy atom. The Morgan fingerprint density at radius 2 is 1.67 bits per heavy atom. The zero-order valence-corrected chi connectivity index (χ0v) is 17.8. The fourth-order valence-electron chi connectivity index (χ4n) is 3.61. The molecule has 2 aromatic heterocycles. The second-order valence-corrected chi connectivity index (χ2v) is 8.27. The van der Waals surface area contributed by atoms with Gasteiger partial charge in [0.05, 0.1) is 23.1 Å². The van der Waals surface area contributed by atoms with Gasteiger partial charge in [0.1, 0.15) is 5.75 Å². The average molecular weight is 423 g/mol. The lowest BCUT2D eigenvalue weighted by Crippen LogP contribution is -2.13. The Morgan fingerprint density at radius 1 is 1.00 bits per heavy atom. The molecule has 0 atom stereocenters. The second-order valence-electron chi connectivity index (χ2n) is 8.27. The topological polar surface area (TPSA) is 83.3 Å². The number of hydrogen-bond acceptors (Lipinski definition) is 4. The second kappa shape index (κ2) is 7.92. The van der Waals surface area contributed by atoms with Gasteiger partial charge in [-0.25, -0.2) is 4.98 Å². The summed E-state index contributed by atoms with van der Waals surface area (Å²) in [5.74, 6) is -0.783. The van der Waals surface area contributed by atoms with Crippen LogP contribution in [0.25, 0.3) is 33.1 Å². The van der Waals surface area contributed by atoms with Gasteiger partial charge in [0, 0.05) is 28.1 Å². The van der Waals surface area contributed by atoms with E-state index in [2.05, 4.69) is 4.98 Å². The molecule has 0 spiro atoms. The van der Waals surface area contributed by atoms with E-state index in [1.165, 1.54) is 0 Å². The largest absolute Gasteiger partial charge is 0.507 e. The summed E-state index contributed by atoms with van der Waals surface area (Å²) < 4.78 is 0. The molecule has 0 fully saturated rings. The summed E-state index contributed by atoms with van der Waals surface area (Å²) in [4.78, 5) is 20.6. The number of carboxylic acid groups (broad SMARTS) is 1. The standard InChI is InChI=1S/C24H22N2O3.ClH/c1-24(2,3)18-12-14(13-20(27)28)11-17(23(18)29)19-9-8-16-7-6-15-5-4-10-25-21(15)22(16)26-19;/h4-12,29H,13H2,1-3H3,(H,27,28);1H. The van der Waals surface area contributed by atoms with Crippen molar-refractivity contribution in [3.05, 3.63) is 65.9 Å². The number of carboxylic acids is 1. The summed E-state index contributed by atoms with van der Waals surface area (Å²) in [6.07, 6.45) is 1.62. The normalized spacial score (nSPS) is 11.4. The Labute approximate surface area is 180 Å². The van der Waals surface area contributed by atoms with Crippen LogP contribution in [0.3, 0.4) is 0 Å². The van der Waals surface area contributed by atoms with Gasteiger partial charge >= 0.3 is 5.97 Å². The van der Waals surface area contributed by atoms with E-state index in [-0.39, 0.29) is 30.0 Å². The van der Waals surface area contributed by atoms with Crippen molar-refractivity contribution in [1.29, 1.82) is 0 Å². The number of pyridine rings is 2. The quantitative estimate of drug-likeness (QED) is 0.426. The number of aromatic hydroxyl groups is 1. The summed E-state index contributed by atoms with van der Waals surface area (Å²) in [6, 6.07) is 15.2. The van der Waals surface area contributed by atoms with Crippen LogP contribution in [0, 0.1) is 0 Å². The van der Waals surface area contributed by atoms with E-state index in [1.54, 1.807) is 18.3 Å². The van der Waals surface area contributed by atoms with Crippen LogP contribution in [0.15, 0.2) is 54.7 Å². The van der Waals surface area contributed by atoms with Crippen molar-refractivity contribution in [3.8, 4) is 17.0 Å². The van der Waals surface area contributed by atoms with Crippen LogP contribution in [-0.2, 0) is 16.6 Å². The molecule has 0 saturated heterocycles. The molecule has 0 saturated carbocycles. The SMILES string of the molecule is CC(C)(C)c1cc(CC(=O)O)cc(-c2ccc3ccc4cccnc4c3n2)c1O.Cl. The molecule has 0 aliphatic heterocycles. The fraction of sp³-hybridized carbons (Fsp3) is 0.208. The lowest BCUT2D eigenvalue weighted by molar-refractivity contribution is -0.136. The maximum absolute atomic E-state index is 11.3. The molecular weight excluding hydrogens is 400 g/mol. The molecule has 4 rings (SSSR count). The minimum Gasteiger partial charge on any atom is -0.507 e. The van der Waals surface area contributed by atoms with Crippen LogP contribution < -0.4 is 0 Å². The molecule has 0 aliphatic carbocycles. The summed E-state index contributed by atoms with van der Waals surface area (Å²) in [7, 11) is 0. The van der Waals surface area contributed by atoms with E-state index >= 15 is 0 Å². The first kappa shape index (κ1) is 21.5. The minimum atomic E-state index is -0.914. The third-order valence-electron chi connectivity index (χ3n) is 5.04. The molecule has 2 N–H and O–H groups in total. The molecule has 0 radical (unpaired) electrons. The Balaban J connectivity index is 0.00000256. The molecule has 0 unspecified atom stereocenters. The van der Waals surface area contributed by atoms with Crippen molar-refractivity contribution in [2.45, 2.75) is 32.6 Å². The zero-order chi connectivity index (χ0) is 20.8. The van der Waals surface area contributed by atoms with Crippen LogP contribution in [0.1, 0.15) is 31.9 Å². The molecule has 30 heavy (non-hydrogen) atoms. The van der Waals surface area contributed by atoms with Gasteiger partial charge in [-0.2, -0.15) is 0 Å². The highest BCUT2D eigenvalue weighted by molar-refractivity contribution is 6.03. The predicted molar refractivity (Wildman–Crippen MR) is 121 cm³/mol. The van der Waals surface area contributed by atoms with Gasteiger partial charge in [0.25, 0.3) is 0 Å². The highest BCUT2D eigenvalue weighted by atomic mass is 35.5. The minimum absolute atomic E-state index is 0. The van der Waals surface area contributed by atoms with Crippen molar-refractivity contribution >= 4 is 40.2 Å². The molecule has 6 heteroatoms. The lowest BCUT2D eigenvalue weighted by Gasteiger charge is -2.23. The van der Waals surface area contributed by atoms with Crippen molar-refractivity contribution in [2.75, 3.05) is 0 Å². The first-order valence-electron chi connectivity index (χ1n) is 9.47. The number of fused-ring (bicyclic) bond motifs is 3. The van der Waals surface area contributed by atoms with E-state index in [0.29, 0.717) is 22.4 Å². The number of aromatic nitrogens is 2. The summed E-state index contributed by atoms with van der Waals surface area (Å²) in [5, 5.41) is 22.2. The van der Waals surface area contributed by atoms with Gasteiger partial charge in [-0.05, 0) is 29.2 Å². The first-order chi connectivity index (χ1) is 13.7. The average Bonchev–Trinajstić information content (AvgIpc) is 2.67. The first-order valence-corrected chi connectivity index (χ1v) is 9.47. The number of rotatable bonds is 3. The van der Waals surface area contributed by atoms with Crippen LogP contribution in [0.4, 0.5) is 0 Å². The smallest absolute Gasteiger partial charge is 0.307 e. The maximum atomic E-state index is 11.3. The Bertz CT molecular complexity index is 1260. The lowest BCUT2D eigenvalue weighted by atomic mass is 9.83. The van der Waals surface area contributed by atoms with E-state index in [4.69, 9.17) is 4.98 Å². The van der Waals surface area contributed by atoms with Crippen LogP contribution >= 0.6 is 12.4 Å². The number of phenolic OH excluding ortho intramolecular Hbond substituents is 1. The molecule has 2 aromatic carbocycles. The monoisotopic (exact) mass is 422 g/mol. The van der Waals surface area contributed by atoms with Crippen LogP contribution in [0.2, 0.25) is 0 Å². The van der Waals surface area contributed by atoms with Crippen molar-refractivity contribution in [2.24, 2.45) is 0 Å². The maximum Gasteiger partial charge on any atom is 0.307 e. The van der Waals surface area contributed by atoms with Gasteiger partial charge in [-0.1, -0.05) is 51.1 Å². The molecule has 4 aromatic rings. The highest BCUT2D eigenvalue weighted by Gasteiger charge is 2.23. The van der Waals surface area contributed by atoms with Gasteiger partial charge < -0.3 is 10.2 Å². The summed E-state index contributed by atoms with van der Waals surface area (Å²) in [6.45, 7) is 5.96. The van der Waals surface area contributed by atoms with E-state index in [9.17, 15) is 15.0 Å². The molecular formula is C24H23ClN2O3. The molecule has 5 nitrogen and oxygen atoms in total. The number of nitrogens with zero attached hydrogens (tertiary/aromatic N) is 2. The van der Waals surface area contributed by atoms with E-state index in [0.717, 1.165) is 21.8 Å². The van der Waals surface area contributed by atoms with Crippen molar-refractivity contribution in [3.63, 3.8) is 0 Å². The van der Waals surface area contributed by atoms with Crippen LogP contribution in [0.5, 0.6) is 5.75 Å². The molecule has 0 amide bonds. The zero-order valence-electron chi connectivity index (χ0n) is 17.0. The number of benzene rings is 2. The molecule has 0 bridgehead atoms. The summed E-state index contributed by atoms with van der Waals surface area (Å²) >= 11 is 0. The molecule has 154 valence electrons. The van der Waals surface area contributed by atoms with Gasteiger partial charge in [0.2, 0.25) is 0 Å².